The lowest BCUT2D eigenvalue weighted by molar-refractivity contribution is -0.134. The molecule has 4 rings (SSSR count). The molecule has 1 aliphatic rings. The van der Waals surface area contributed by atoms with Gasteiger partial charge in [0.2, 0.25) is 11.2 Å². The summed E-state index contributed by atoms with van der Waals surface area (Å²) < 4.78 is 17.0. The number of carbonyl (C=O) groups excluding carboxylic acids is 1. The molecule has 29 heavy (non-hydrogen) atoms. The minimum atomic E-state index is -0.288. The van der Waals surface area contributed by atoms with Gasteiger partial charge in [-0.15, -0.1) is 0 Å². The second-order valence-electron chi connectivity index (χ2n) is 7.04. The van der Waals surface area contributed by atoms with E-state index in [1.165, 1.54) is 0 Å². The third kappa shape index (κ3) is 3.97. The Bertz CT molecular complexity index is 1060. The van der Waals surface area contributed by atoms with Crippen molar-refractivity contribution in [3.8, 4) is 22.8 Å². The zero-order valence-corrected chi connectivity index (χ0v) is 16.3. The van der Waals surface area contributed by atoms with Gasteiger partial charge >= 0.3 is 0 Å². The summed E-state index contributed by atoms with van der Waals surface area (Å²) in [5.74, 6) is 0.944. The topological polar surface area (TPSA) is 69.0 Å². The van der Waals surface area contributed by atoms with Gasteiger partial charge < -0.3 is 18.8 Å². The number of methoxy groups -OCH3 is 1. The Hall–Kier alpha value is -3.28. The predicted molar refractivity (Wildman–Crippen MR) is 110 cm³/mol. The van der Waals surface area contributed by atoms with Gasteiger partial charge in [0, 0.05) is 18.7 Å². The normalized spacial score (nSPS) is 14.0. The number of piperidine rings is 1. The molecule has 0 radical (unpaired) electrons. The van der Waals surface area contributed by atoms with Crippen molar-refractivity contribution >= 4 is 16.9 Å². The summed E-state index contributed by atoms with van der Waals surface area (Å²) in [7, 11) is 1.59. The van der Waals surface area contributed by atoms with Crippen LogP contribution in [0.1, 0.15) is 19.3 Å². The molecule has 6 heteroatoms. The van der Waals surface area contributed by atoms with E-state index in [2.05, 4.69) is 0 Å². The molecule has 1 fully saturated rings. The number of fused-ring (bicyclic) bond motifs is 1. The van der Waals surface area contributed by atoms with Gasteiger partial charge in [0.15, 0.2) is 12.4 Å². The Balaban J connectivity index is 1.70. The van der Waals surface area contributed by atoms with E-state index in [0.717, 1.165) is 32.4 Å². The molecule has 0 saturated carbocycles. The van der Waals surface area contributed by atoms with E-state index in [9.17, 15) is 9.59 Å². The zero-order chi connectivity index (χ0) is 20.2. The largest absolute Gasteiger partial charge is 0.497 e. The van der Waals surface area contributed by atoms with Crippen LogP contribution >= 0.6 is 0 Å². The number of benzene rings is 2. The monoisotopic (exact) mass is 393 g/mol. The number of para-hydroxylation sites is 1. The van der Waals surface area contributed by atoms with Crippen LogP contribution < -0.4 is 14.9 Å². The van der Waals surface area contributed by atoms with Crippen LogP contribution in [0.4, 0.5) is 0 Å². The molecule has 150 valence electrons. The zero-order valence-electron chi connectivity index (χ0n) is 16.3. The number of carbonyl (C=O) groups is 1. The van der Waals surface area contributed by atoms with Gasteiger partial charge in [-0.3, -0.25) is 9.59 Å². The first-order valence-electron chi connectivity index (χ1n) is 9.78. The van der Waals surface area contributed by atoms with Crippen LogP contribution in [-0.4, -0.2) is 37.6 Å². The molecular formula is C23H23NO5. The molecule has 0 spiro atoms. The molecule has 0 bridgehead atoms. The molecule has 0 atom stereocenters. The van der Waals surface area contributed by atoms with E-state index in [-0.39, 0.29) is 23.7 Å². The highest BCUT2D eigenvalue weighted by atomic mass is 16.5. The van der Waals surface area contributed by atoms with E-state index in [0.29, 0.717) is 28.0 Å². The molecular weight excluding hydrogens is 370 g/mol. The first kappa shape index (κ1) is 19.1. The molecule has 1 saturated heterocycles. The van der Waals surface area contributed by atoms with Gasteiger partial charge in [-0.2, -0.15) is 0 Å². The number of rotatable bonds is 5. The highest BCUT2D eigenvalue weighted by molar-refractivity contribution is 5.83. The van der Waals surface area contributed by atoms with Gasteiger partial charge in [-0.25, -0.2) is 0 Å². The molecule has 2 aromatic carbocycles. The maximum atomic E-state index is 13.1. The molecule has 2 heterocycles. The van der Waals surface area contributed by atoms with Crippen molar-refractivity contribution < 1.29 is 18.7 Å². The maximum Gasteiger partial charge on any atom is 0.260 e. The molecule has 0 unspecified atom stereocenters. The number of likely N-dealkylation sites (tertiary alicyclic amines) is 1. The quantitative estimate of drug-likeness (QED) is 0.658. The summed E-state index contributed by atoms with van der Waals surface area (Å²) >= 11 is 0. The molecule has 3 aromatic rings. The Morgan fingerprint density at radius 1 is 1.03 bits per heavy atom. The Labute approximate surface area is 168 Å². The second-order valence-corrected chi connectivity index (χ2v) is 7.04. The highest BCUT2D eigenvalue weighted by Crippen LogP contribution is 2.32. The van der Waals surface area contributed by atoms with Crippen molar-refractivity contribution in [1.82, 2.24) is 4.90 Å². The summed E-state index contributed by atoms with van der Waals surface area (Å²) in [5, 5.41) is 0.421. The van der Waals surface area contributed by atoms with Gasteiger partial charge in [-0.05, 0) is 55.7 Å². The Kier molecular flexibility index (Phi) is 5.51. The maximum absolute atomic E-state index is 13.1. The van der Waals surface area contributed by atoms with Crippen LogP contribution in [0.2, 0.25) is 0 Å². The van der Waals surface area contributed by atoms with Crippen molar-refractivity contribution in [1.29, 1.82) is 0 Å². The minimum absolute atomic E-state index is 0.0548. The molecule has 1 amide bonds. The fourth-order valence-corrected chi connectivity index (χ4v) is 3.56. The number of amides is 1. The van der Waals surface area contributed by atoms with Gasteiger partial charge in [-0.1, -0.05) is 12.1 Å². The van der Waals surface area contributed by atoms with Crippen LogP contribution in [0, 0.1) is 0 Å². The summed E-state index contributed by atoms with van der Waals surface area (Å²) in [5.41, 5.74) is 0.858. The van der Waals surface area contributed by atoms with Crippen LogP contribution in [-0.2, 0) is 4.79 Å². The van der Waals surface area contributed by atoms with E-state index in [1.54, 1.807) is 54.5 Å². The van der Waals surface area contributed by atoms with Gasteiger partial charge in [0.25, 0.3) is 5.91 Å². The summed E-state index contributed by atoms with van der Waals surface area (Å²) in [6, 6.07) is 14.2. The fourth-order valence-electron chi connectivity index (χ4n) is 3.56. The number of nitrogens with zero attached hydrogens (tertiary/aromatic N) is 1. The molecule has 0 N–H and O–H groups in total. The van der Waals surface area contributed by atoms with Crippen molar-refractivity contribution in [3.63, 3.8) is 0 Å². The lowest BCUT2D eigenvalue weighted by Gasteiger charge is -2.26. The van der Waals surface area contributed by atoms with Gasteiger partial charge in [0.05, 0.1) is 12.5 Å². The van der Waals surface area contributed by atoms with E-state index in [4.69, 9.17) is 13.9 Å². The SMILES string of the molecule is COc1ccc(-c2oc3ccccc3c(=O)c2OCC(=O)N2CCCCC2)cc1. The van der Waals surface area contributed by atoms with Crippen LogP contribution in [0.5, 0.6) is 11.5 Å². The third-order valence-corrected chi connectivity index (χ3v) is 5.16. The highest BCUT2D eigenvalue weighted by Gasteiger charge is 2.21. The molecule has 1 aliphatic heterocycles. The first-order valence-corrected chi connectivity index (χ1v) is 9.78. The Morgan fingerprint density at radius 3 is 2.48 bits per heavy atom. The van der Waals surface area contributed by atoms with Crippen LogP contribution in [0.3, 0.4) is 0 Å². The van der Waals surface area contributed by atoms with Crippen LogP contribution in [0.25, 0.3) is 22.3 Å². The lowest BCUT2D eigenvalue weighted by atomic mass is 10.1. The average molecular weight is 393 g/mol. The first-order chi connectivity index (χ1) is 14.2. The standard InChI is InChI=1S/C23H23NO5/c1-27-17-11-9-16(10-12-17)22-23(21(26)18-7-3-4-8-19(18)29-22)28-15-20(25)24-13-5-2-6-14-24/h3-4,7-12H,2,5-6,13-15H2,1H3. The minimum Gasteiger partial charge on any atom is -0.497 e. The molecule has 1 aromatic heterocycles. The number of ether oxygens (including phenoxy) is 2. The lowest BCUT2D eigenvalue weighted by Crippen LogP contribution is -2.39. The predicted octanol–water partition coefficient (Wildman–Crippen LogP) is 3.86. The summed E-state index contributed by atoms with van der Waals surface area (Å²) in [6.45, 7) is 1.28. The van der Waals surface area contributed by atoms with Crippen molar-refractivity contribution in [2.24, 2.45) is 0 Å². The molecule has 6 nitrogen and oxygen atoms in total. The Morgan fingerprint density at radius 2 is 1.76 bits per heavy atom. The summed E-state index contributed by atoms with van der Waals surface area (Å²) in [6.07, 6.45) is 3.14. The smallest absolute Gasteiger partial charge is 0.260 e. The third-order valence-electron chi connectivity index (χ3n) is 5.16. The number of hydrogen-bond donors (Lipinski definition) is 0. The van der Waals surface area contributed by atoms with E-state index in [1.807, 2.05) is 6.07 Å². The summed E-state index contributed by atoms with van der Waals surface area (Å²) in [4.78, 5) is 27.4. The van der Waals surface area contributed by atoms with Crippen LogP contribution in [0.15, 0.2) is 57.7 Å². The fraction of sp³-hybridized carbons (Fsp3) is 0.304. The second kappa shape index (κ2) is 8.39. The van der Waals surface area contributed by atoms with Crippen molar-refractivity contribution in [2.45, 2.75) is 19.3 Å². The van der Waals surface area contributed by atoms with E-state index >= 15 is 0 Å². The number of hydrogen-bond acceptors (Lipinski definition) is 5. The molecule has 0 aliphatic carbocycles. The van der Waals surface area contributed by atoms with Crippen molar-refractivity contribution in [3.05, 3.63) is 58.8 Å². The average Bonchev–Trinajstić information content (AvgIpc) is 2.79. The van der Waals surface area contributed by atoms with Crippen molar-refractivity contribution in [2.75, 3.05) is 26.8 Å². The van der Waals surface area contributed by atoms with Gasteiger partial charge in [0.1, 0.15) is 11.3 Å². The van der Waals surface area contributed by atoms with E-state index < -0.39 is 0 Å².